The number of benzene rings is 1. The number of hydrogen-bond donors (Lipinski definition) is 2. The van der Waals surface area contributed by atoms with Gasteiger partial charge in [0.1, 0.15) is 0 Å². The van der Waals surface area contributed by atoms with Crippen molar-refractivity contribution in [3.8, 4) is 0 Å². The van der Waals surface area contributed by atoms with Crippen molar-refractivity contribution in [1.29, 1.82) is 0 Å². The molecular formula is C14H11N3OS. The van der Waals surface area contributed by atoms with Crippen LogP contribution in [0.15, 0.2) is 59.8 Å². The highest BCUT2D eigenvalue weighted by Gasteiger charge is 2.11. The minimum Gasteiger partial charge on any atom is -0.291 e. The van der Waals surface area contributed by atoms with Gasteiger partial charge in [0, 0.05) is 11.1 Å². The molecule has 4 nitrogen and oxygen atoms in total. The molecule has 1 amide bonds. The third-order valence-electron chi connectivity index (χ3n) is 2.81. The van der Waals surface area contributed by atoms with Gasteiger partial charge in [0.2, 0.25) is 5.95 Å². The number of pyridine rings is 1. The minimum atomic E-state index is -0.220. The molecule has 0 radical (unpaired) electrons. The average Bonchev–Trinajstić information content (AvgIpc) is 2.83. The topological polar surface area (TPSA) is 46.4 Å². The summed E-state index contributed by atoms with van der Waals surface area (Å²) in [6, 6.07) is 12.9. The van der Waals surface area contributed by atoms with Crippen molar-refractivity contribution in [2.75, 3.05) is 5.32 Å². The maximum absolute atomic E-state index is 12.2. The lowest BCUT2D eigenvalue weighted by Gasteiger charge is -2.06. The second-order valence-electron chi connectivity index (χ2n) is 4.05. The Labute approximate surface area is 115 Å². The van der Waals surface area contributed by atoms with Crippen molar-refractivity contribution in [2.45, 2.75) is 4.90 Å². The first-order chi connectivity index (χ1) is 9.25. The molecule has 0 aliphatic heterocycles. The van der Waals surface area contributed by atoms with Crippen molar-refractivity contribution in [3.63, 3.8) is 0 Å². The predicted molar refractivity (Wildman–Crippen MR) is 76.8 cm³/mol. The van der Waals surface area contributed by atoms with Crippen LogP contribution >= 0.6 is 12.6 Å². The van der Waals surface area contributed by atoms with Gasteiger partial charge >= 0.3 is 0 Å². The molecule has 0 aliphatic rings. The minimum absolute atomic E-state index is 0.220. The first kappa shape index (κ1) is 11.8. The van der Waals surface area contributed by atoms with Crippen molar-refractivity contribution in [3.05, 3.63) is 60.4 Å². The molecule has 2 aromatic heterocycles. The maximum Gasteiger partial charge on any atom is 0.259 e. The number of nitrogens with one attached hydrogen (secondary N) is 1. The third kappa shape index (κ3) is 2.20. The molecular weight excluding hydrogens is 258 g/mol. The highest BCUT2D eigenvalue weighted by molar-refractivity contribution is 7.80. The Morgan fingerprint density at radius 1 is 1.16 bits per heavy atom. The number of fused-ring (bicyclic) bond motifs is 1. The number of aromatic nitrogens is 2. The van der Waals surface area contributed by atoms with Crippen LogP contribution in [-0.4, -0.2) is 15.3 Å². The highest BCUT2D eigenvalue weighted by Crippen LogP contribution is 2.16. The van der Waals surface area contributed by atoms with Crippen LogP contribution in [0.3, 0.4) is 0 Å². The number of nitrogens with zero attached hydrogens (tertiary/aromatic N) is 2. The lowest BCUT2D eigenvalue weighted by atomic mass is 10.2. The van der Waals surface area contributed by atoms with Gasteiger partial charge in [0.05, 0.1) is 17.3 Å². The molecule has 0 saturated heterocycles. The van der Waals surface area contributed by atoms with Gasteiger partial charge in [-0.3, -0.25) is 14.5 Å². The van der Waals surface area contributed by atoms with Crippen molar-refractivity contribution < 1.29 is 4.79 Å². The first-order valence-corrected chi connectivity index (χ1v) is 6.22. The normalized spacial score (nSPS) is 10.6. The van der Waals surface area contributed by atoms with E-state index in [1.807, 2.05) is 34.9 Å². The van der Waals surface area contributed by atoms with E-state index in [-0.39, 0.29) is 5.91 Å². The molecule has 19 heavy (non-hydrogen) atoms. The molecule has 2 heterocycles. The van der Waals surface area contributed by atoms with E-state index in [1.54, 1.807) is 24.4 Å². The summed E-state index contributed by atoms with van der Waals surface area (Å²) in [5.74, 6) is 0.277. The summed E-state index contributed by atoms with van der Waals surface area (Å²) in [6.45, 7) is 0. The first-order valence-electron chi connectivity index (χ1n) is 5.77. The predicted octanol–water partition coefficient (Wildman–Crippen LogP) is 2.88. The second kappa shape index (κ2) is 4.78. The molecule has 0 saturated carbocycles. The molecule has 3 aromatic rings. The Morgan fingerprint density at radius 3 is 2.79 bits per heavy atom. The lowest BCUT2D eigenvalue weighted by Crippen LogP contribution is -2.14. The summed E-state index contributed by atoms with van der Waals surface area (Å²) in [5, 5.41) is 2.79. The van der Waals surface area contributed by atoms with E-state index in [2.05, 4.69) is 22.9 Å². The van der Waals surface area contributed by atoms with Crippen molar-refractivity contribution in [1.82, 2.24) is 9.38 Å². The molecule has 0 fully saturated rings. The van der Waals surface area contributed by atoms with Crippen LogP contribution in [0.2, 0.25) is 0 Å². The number of anilines is 1. The molecule has 0 aliphatic carbocycles. The standard InChI is InChI=1S/C14H11N3OS/c18-13(11-6-1-2-7-12(11)19)16-14-15-9-10-5-3-4-8-17(10)14/h1-9,19H,(H,15,16,18). The van der Waals surface area contributed by atoms with Crippen LogP contribution in [0.1, 0.15) is 10.4 Å². The SMILES string of the molecule is O=C(Nc1ncc2ccccn12)c1ccccc1S. The Hall–Kier alpha value is -2.27. The zero-order valence-corrected chi connectivity index (χ0v) is 10.8. The van der Waals surface area contributed by atoms with E-state index >= 15 is 0 Å². The maximum atomic E-state index is 12.2. The number of imidazole rings is 1. The Morgan fingerprint density at radius 2 is 1.95 bits per heavy atom. The van der Waals surface area contributed by atoms with Gasteiger partial charge in [-0.25, -0.2) is 4.98 Å². The molecule has 0 atom stereocenters. The monoisotopic (exact) mass is 269 g/mol. The number of amides is 1. The molecule has 0 unspecified atom stereocenters. The summed E-state index contributed by atoms with van der Waals surface area (Å²) >= 11 is 4.27. The molecule has 3 rings (SSSR count). The highest BCUT2D eigenvalue weighted by atomic mass is 32.1. The van der Waals surface area contributed by atoms with Crippen molar-refractivity contribution in [2.24, 2.45) is 0 Å². The Kier molecular flexibility index (Phi) is 2.97. The lowest BCUT2D eigenvalue weighted by molar-refractivity contribution is 0.102. The molecule has 94 valence electrons. The number of rotatable bonds is 2. The van der Waals surface area contributed by atoms with E-state index < -0.39 is 0 Å². The number of carbonyl (C=O) groups excluding carboxylic acids is 1. The van der Waals surface area contributed by atoms with Crippen LogP contribution in [0.25, 0.3) is 5.52 Å². The summed E-state index contributed by atoms with van der Waals surface area (Å²) in [5.41, 5.74) is 1.45. The van der Waals surface area contributed by atoms with Crippen molar-refractivity contribution >= 4 is 30.0 Å². The van der Waals surface area contributed by atoms with Crippen LogP contribution < -0.4 is 5.32 Å². The summed E-state index contributed by atoms with van der Waals surface area (Å²) in [4.78, 5) is 17.0. The van der Waals surface area contributed by atoms with E-state index in [4.69, 9.17) is 0 Å². The Bertz CT molecular complexity index is 751. The zero-order chi connectivity index (χ0) is 13.2. The van der Waals surface area contributed by atoms with Crippen LogP contribution in [0.4, 0.5) is 5.95 Å². The summed E-state index contributed by atoms with van der Waals surface area (Å²) in [7, 11) is 0. The van der Waals surface area contributed by atoms with Gasteiger partial charge in [-0.1, -0.05) is 18.2 Å². The zero-order valence-electron chi connectivity index (χ0n) is 9.95. The van der Waals surface area contributed by atoms with Crippen LogP contribution in [0.5, 0.6) is 0 Å². The summed E-state index contributed by atoms with van der Waals surface area (Å²) < 4.78 is 1.82. The fourth-order valence-electron chi connectivity index (χ4n) is 1.87. The fraction of sp³-hybridized carbons (Fsp3) is 0. The Balaban J connectivity index is 1.94. The van der Waals surface area contributed by atoms with E-state index in [0.717, 1.165) is 5.52 Å². The van der Waals surface area contributed by atoms with Gasteiger partial charge in [0.25, 0.3) is 5.91 Å². The molecule has 5 heteroatoms. The average molecular weight is 269 g/mol. The number of carbonyl (C=O) groups is 1. The largest absolute Gasteiger partial charge is 0.291 e. The van der Waals surface area contributed by atoms with Gasteiger partial charge in [-0.05, 0) is 24.3 Å². The van der Waals surface area contributed by atoms with E-state index in [1.165, 1.54) is 0 Å². The van der Waals surface area contributed by atoms with Gasteiger partial charge in [-0.2, -0.15) is 0 Å². The summed E-state index contributed by atoms with van der Waals surface area (Å²) in [6.07, 6.45) is 3.56. The number of hydrogen-bond acceptors (Lipinski definition) is 3. The van der Waals surface area contributed by atoms with Crippen LogP contribution in [0, 0.1) is 0 Å². The van der Waals surface area contributed by atoms with Gasteiger partial charge < -0.3 is 0 Å². The molecule has 0 bridgehead atoms. The van der Waals surface area contributed by atoms with Crippen LogP contribution in [-0.2, 0) is 0 Å². The third-order valence-corrected chi connectivity index (χ3v) is 3.20. The quantitative estimate of drug-likeness (QED) is 0.703. The van der Waals surface area contributed by atoms with Gasteiger partial charge in [0.15, 0.2) is 0 Å². The molecule has 0 spiro atoms. The fourth-order valence-corrected chi connectivity index (χ4v) is 2.13. The van der Waals surface area contributed by atoms with Gasteiger partial charge in [-0.15, -0.1) is 12.6 Å². The molecule has 1 N–H and O–H groups in total. The smallest absolute Gasteiger partial charge is 0.259 e. The number of thiol groups is 1. The van der Waals surface area contributed by atoms with E-state index in [0.29, 0.717) is 16.4 Å². The second-order valence-corrected chi connectivity index (χ2v) is 4.53. The molecule has 1 aromatic carbocycles. The van der Waals surface area contributed by atoms with E-state index in [9.17, 15) is 4.79 Å².